The van der Waals surface area contributed by atoms with E-state index in [1.165, 1.54) is 5.56 Å². The highest BCUT2D eigenvalue weighted by atomic mass is 35.5. The normalized spacial score (nSPS) is 10.6. The number of hydrogen-bond acceptors (Lipinski definition) is 4. The summed E-state index contributed by atoms with van der Waals surface area (Å²) in [5, 5.41) is 4.13. The summed E-state index contributed by atoms with van der Waals surface area (Å²) < 4.78 is 11.6. The van der Waals surface area contributed by atoms with Crippen molar-refractivity contribution in [2.45, 2.75) is 26.5 Å². The molecular formula is C23H25ClN2O2. The van der Waals surface area contributed by atoms with Crippen LogP contribution >= 0.6 is 11.6 Å². The summed E-state index contributed by atoms with van der Waals surface area (Å²) in [5.74, 6) is 1.51. The zero-order chi connectivity index (χ0) is 19.6. The number of nitrogens with one attached hydrogen (secondary N) is 1. The van der Waals surface area contributed by atoms with Gasteiger partial charge in [0.25, 0.3) is 0 Å². The maximum Gasteiger partial charge on any atom is 0.213 e. The molecule has 1 aromatic heterocycles. The molecule has 3 aromatic rings. The number of halogens is 1. The minimum atomic E-state index is 0.535. The summed E-state index contributed by atoms with van der Waals surface area (Å²) in [4.78, 5) is 4.14. The first-order valence-electron chi connectivity index (χ1n) is 9.42. The molecule has 0 unspecified atom stereocenters. The lowest BCUT2D eigenvalue weighted by molar-refractivity contribution is 0.294. The molecular weight excluding hydrogens is 372 g/mol. The third kappa shape index (κ3) is 6.55. The molecule has 0 amide bonds. The first kappa shape index (κ1) is 20.2. The van der Waals surface area contributed by atoms with Gasteiger partial charge < -0.3 is 14.8 Å². The fraction of sp³-hybridized carbons (Fsp3) is 0.261. The van der Waals surface area contributed by atoms with Gasteiger partial charge in [0.1, 0.15) is 12.4 Å². The molecule has 0 fully saturated rings. The van der Waals surface area contributed by atoms with Gasteiger partial charge in [-0.15, -0.1) is 0 Å². The van der Waals surface area contributed by atoms with E-state index < -0.39 is 0 Å². The summed E-state index contributed by atoms with van der Waals surface area (Å²) in [7, 11) is 0. The van der Waals surface area contributed by atoms with Crippen LogP contribution in [-0.4, -0.2) is 18.1 Å². The van der Waals surface area contributed by atoms with Gasteiger partial charge in [0.2, 0.25) is 5.88 Å². The molecule has 28 heavy (non-hydrogen) atoms. The molecule has 1 heterocycles. The molecule has 0 atom stereocenters. The lowest BCUT2D eigenvalue weighted by Gasteiger charge is -2.13. The lowest BCUT2D eigenvalue weighted by atomic mass is 10.1. The zero-order valence-electron chi connectivity index (χ0n) is 16.0. The van der Waals surface area contributed by atoms with Gasteiger partial charge in [-0.25, -0.2) is 4.98 Å². The fourth-order valence-corrected chi connectivity index (χ4v) is 2.90. The van der Waals surface area contributed by atoms with Gasteiger partial charge in [-0.1, -0.05) is 47.5 Å². The van der Waals surface area contributed by atoms with Gasteiger partial charge in [0, 0.05) is 29.4 Å². The van der Waals surface area contributed by atoms with Crippen molar-refractivity contribution in [3.8, 4) is 11.6 Å². The molecule has 0 aliphatic rings. The van der Waals surface area contributed by atoms with Crippen LogP contribution in [0.1, 0.15) is 23.1 Å². The van der Waals surface area contributed by atoms with Crippen LogP contribution in [0.25, 0.3) is 0 Å². The van der Waals surface area contributed by atoms with E-state index >= 15 is 0 Å². The van der Waals surface area contributed by atoms with Crippen molar-refractivity contribution in [3.05, 3.63) is 88.6 Å². The van der Waals surface area contributed by atoms with Crippen LogP contribution in [0, 0.1) is 6.92 Å². The van der Waals surface area contributed by atoms with E-state index in [0.29, 0.717) is 30.7 Å². The summed E-state index contributed by atoms with van der Waals surface area (Å²) in [5.41, 5.74) is 3.43. The van der Waals surface area contributed by atoms with Gasteiger partial charge >= 0.3 is 0 Å². The SMILES string of the molecule is Cc1ccc(COc2ccc(Cl)cc2CNCCCOc2ccccn2)cc1. The number of hydrogen-bond donors (Lipinski definition) is 1. The molecule has 3 rings (SSSR count). The van der Waals surface area contributed by atoms with Crippen molar-refractivity contribution in [3.63, 3.8) is 0 Å². The Labute approximate surface area is 171 Å². The van der Waals surface area contributed by atoms with Crippen LogP contribution in [0.5, 0.6) is 11.6 Å². The first-order chi connectivity index (χ1) is 13.7. The summed E-state index contributed by atoms with van der Waals surface area (Å²) in [6.07, 6.45) is 2.61. The molecule has 0 aliphatic heterocycles. The topological polar surface area (TPSA) is 43.4 Å². The smallest absolute Gasteiger partial charge is 0.213 e. The number of ether oxygens (including phenoxy) is 2. The number of rotatable bonds is 10. The highest BCUT2D eigenvalue weighted by molar-refractivity contribution is 6.30. The van der Waals surface area contributed by atoms with Gasteiger partial charge in [-0.3, -0.25) is 0 Å². The van der Waals surface area contributed by atoms with E-state index in [1.807, 2.05) is 36.4 Å². The summed E-state index contributed by atoms with van der Waals surface area (Å²) >= 11 is 6.17. The van der Waals surface area contributed by atoms with E-state index in [0.717, 1.165) is 29.8 Å². The van der Waals surface area contributed by atoms with Crippen molar-refractivity contribution in [2.24, 2.45) is 0 Å². The maximum atomic E-state index is 6.17. The van der Waals surface area contributed by atoms with Crippen LogP contribution in [-0.2, 0) is 13.2 Å². The van der Waals surface area contributed by atoms with Crippen LogP contribution in [0.2, 0.25) is 5.02 Å². The Hall–Kier alpha value is -2.56. The fourth-order valence-electron chi connectivity index (χ4n) is 2.70. The standard InChI is InChI=1S/C23H25ClN2O2/c1-18-6-8-19(9-7-18)17-28-22-11-10-21(24)15-20(22)16-25-12-4-14-27-23-5-2-3-13-26-23/h2-3,5-11,13,15,25H,4,12,14,16-17H2,1H3. The van der Waals surface area contributed by atoms with Crippen molar-refractivity contribution < 1.29 is 9.47 Å². The number of aromatic nitrogens is 1. The van der Waals surface area contributed by atoms with Gasteiger partial charge in [0.15, 0.2) is 0 Å². The van der Waals surface area contributed by atoms with Gasteiger partial charge in [-0.2, -0.15) is 0 Å². The van der Waals surface area contributed by atoms with Crippen molar-refractivity contribution in [2.75, 3.05) is 13.2 Å². The summed E-state index contributed by atoms with van der Waals surface area (Å²) in [6, 6.07) is 19.7. The minimum absolute atomic E-state index is 0.535. The minimum Gasteiger partial charge on any atom is -0.489 e. The van der Waals surface area contributed by atoms with Crippen LogP contribution in [0.3, 0.4) is 0 Å². The predicted octanol–water partition coefficient (Wildman–Crippen LogP) is 5.18. The van der Waals surface area contributed by atoms with E-state index in [4.69, 9.17) is 21.1 Å². The maximum absolute atomic E-state index is 6.17. The second kappa shape index (κ2) is 10.7. The van der Waals surface area contributed by atoms with E-state index in [1.54, 1.807) is 6.20 Å². The van der Waals surface area contributed by atoms with Crippen molar-refractivity contribution in [1.29, 1.82) is 0 Å². The second-order valence-electron chi connectivity index (χ2n) is 6.57. The van der Waals surface area contributed by atoms with E-state index in [-0.39, 0.29) is 0 Å². The highest BCUT2D eigenvalue weighted by Crippen LogP contribution is 2.24. The van der Waals surface area contributed by atoms with E-state index in [9.17, 15) is 0 Å². The molecule has 4 nitrogen and oxygen atoms in total. The average molecular weight is 397 g/mol. The number of aryl methyl sites for hydroxylation is 1. The van der Waals surface area contributed by atoms with Gasteiger partial charge in [-0.05, 0) is 49.7 Å². The molecule has 146 valence electrons. The zero-order valence-corrected chi connectivity index (χ0v) is 16.8. The van der Waals surface area contributed by atoms with Crippen LogP contribution < -0.4 is 14.8 Å². The van der Waals surface area contributed by atoms with Crippen LogP contribution in [0.15, 0.2) is 66.9 Å². The Morgan fingerprint density at radius 2 is 1.86 bits per heavy atom. The van der Waals surface area contributed by atoms with Gasteiger partial charge in [0.05, 0.1) is 6.61 Å². The Balaban J connectivity index is 1.45. The molecule has 0 bridgehead atoms. The molecule has 1 N–H and O–H groups in total. The monoisotopic (exact) mass is 396 g/mol. The third-order valence-electron chi connectivity index (χ3n) is 4.24. The predicted molar refractivity (Wildman–Crippen MR) is 113 cm³/mol. The lowest BCUT2D eigenvalue weighted by Crippen LogP contribution is -2.17. The number of nitrogens with zero attached hydrogens (tertiary/aromatic N) is 1. The Morgan fingerprint density at radius 3 is 2.64 bits per heavy atom. The second-order valence-corrected chi connectivity index (χ2v) is 7.01. The highest BCUT2D eigenvalue weighted by Gasteiger charge is 2.06. The molecule has 0 aliphatic carbocycles. The third-order valence-corrected chi connectivity index (χ3v) is 4.47. The van der Waals surface area contributed by atoms with Crippen LogP contribution in [0.4, 0.5) is 0 Å². The molecule has 0 spiro atoms. The average Bonchev–Trinajstić information content (AvgIpc) is 2.72. The Bertz CT molecular complexity index is 854. The molecule has 0 saturated heterocycles. The molecule has 5 heteroatoms. The first-order valence-corrected chi connectivity index (χ1v) is 9.80. The molecule has 2 aromatic carbocycles. The van der Waals surface area contributed by atoms with Crippen molar-refractivity contribution in [1.82, 2.24) is 10.3 Å². The molecule has 0 radical (unpaired) electrons. The molecule has 0 saturated carbocycles. The number of pyridine rings is 1. The van der Waals surface area contributed by atoms with E-state index in [2.05, 4.69) is 41.5 Å². The Morgan fingerprint density at radius 1 is 1.00 bits per heavy atom. The largest absolute Gasteiger partial charge is 0.489 e. The Kier molecular flexibility index (Phi) is 7.71. The summed E-state index contributed by atoms with van der Waals surface area (Å²) in [6.45, 7) is 4.75. The van der Waals surface area contributed by atoms with Crippen molar-refractivity contribution >= 4 is 11.6 Å². The number of benzene rings is 2. The quantitative estimate of drug-likeness (QED) is 0.479.